The second-order valence-electron chi connectivity index (χ2n) is 6.18. The fourth-order valence-corrected chi connectivity index (χ4v) is 2.18. The zero-order chi connectivity index (χ0) is 15.8. The summed E-state index contributed by atoms with van der Waals surface area (Å²) in [5.74, 6) is 0. The maximum atomic E-state index is 9.80. The molecule has 0 aliphatic heterocycles. The van der Waals surface area contributed by atoms with E-state index in [1.807, 2.05) is 58.2 Å². The van der Waals surface area contributed by atoms with Gasteiger partial charge in [0.2, 0.25) is 0 Å². The molecule has 0 aliphatic rings. The molecule has 1 aromatic rings. The zero-order valence-electron chi connectivity index (χ0n) is 13.7. The van der Waals surface area contributed by atoms with Crippen LogP contribution in [0.4, 0.5) is 0 Å². The first-order valence-electron chi connectivity index (χ1n) is 7.50. The van der Waals surface area contributed by atoms with Crippen molar-refractivity contribution in [2.24, 2.45) is 0 Å². The largest absolute Gasteiger partial charge is 0.394 e. The van der Waals surface area contributed by atoms with Crippen molar-refractivity contribution in [3.63, 3.8) is 0 Å². The number of hydrogen-bond donors (Lipinski definition) is 2. The highest BCUT2D eigenvalue weighted by atomic mass is 16.5. The molecule has 0 fully saturated rings. The topological polar surface area (TPSA) is 50.7 Å². The molecule has 0 bridgehead atoms. The molecule has 2 N–H and O–H groups in total. The average Bonchev–Trinajstić information content (AvgIpc) is 2.47. The fraction of sp³-hybridized carbons (Fsp3) is 0.647. The molecule has 0 aromatic heterocycles. The monoisotopic (exact) mass is 295 g/mol. The van der Waals surface area contributed by atoms with Crippen molar-refractivity contribution in [3.8, 4) is 0 Å². The maximum absolute atomic E-state index is 9.80. The van der Waals surface area contributed by atoms with Crippen LogP contribution in [0.3, 0.4) is 0 Å². The molecule has 0 radical (unpaired) electrons. The summed E-state index contributed by atoms with van der Waals surface area (Å²) >= 11 is 0. The Morgan fingerprint density at radius 1 is 1.05 bits per heavy atom. The number of likely N-dealkylation sites (N-methyl/N-ethyl adjacent to an activating group) is 1. The van der Waals surface area contributed by atoms with Crippen LogP contribution in [0.25, 0.3) is 0 Å². The second kappa shape index (κ2) is 8.49. The maximum Gasteiger partial charge on any atom is 0.0707 e. The lowest BCUT2D eigenvalue weighted by Gasteiger charge is -2.32. The molecule has 0 amide bonds. The van der Waals surface area contributed by atoms with E-state index in [1.54, 1.807) is 0 Å². The van der Waals surface area contributed by atoms with Crippen LogP contribution >= 0.6 is 0 Å². The Hall–Kier alpha value is -0.940. The van der Waals surface area contributed by atoms with E-state index >= 15 is 0 Å². The molecule has 1 unspecified atom stereocenters. The van der Waals surface area contributed by atoms with E-state index in [0.29, 0.717) is 26.2 Å². The Bertz CT molecular complexity index is 383. The van der Waals surface area contributed by atoms with E-state index in [1.165, 1.54) is 0 Å². The Labute approximate surface area is 128 Å². The van der Waals surface area contributed by atoms with Gasteiger partial charge < -0.3 is 19.9 Å². The first-order chi connectivity index (χ1) is 9.93. The predicted molar refractivity (Wildman–Crippen MR) is 85.4 cm³/mol. The molecule has 1 aromatic carbocycles. The number of nitrogens with one attached hydrogen (secondary N) is 1. The van der Waals surface area contributed by atoms with Gasteiger partial charge in [0.05, 0.1) is 31.0 Å². The number of ether oxygens (including phenoxy) is 2. The van der Waals surface area contributed by atoms with Crippen molar-refractivity contribution in [1.29, 1.82) is 0 Å². The Balaban J connectivity index is 2.42. The van der Waals surface area contributed by atoms with Crippen LogP contribution in [-0.2, 0) is 15.0 Å². The van der Waals surface area contributed by atoms with Gasteiger partial charge in [-0.05, 0) is 39.8 Å². The molecule has 21 heavy (non-hydrogen) atoms. The van der Waals surface area contributed by atoms with Crippen LogP contribution in [0.1, 0.15) is 32.8 Å². The number of aliphatic hydroxyl groups excluding tert-OH is 1. The normalized spacial score (nSPS) is 14.9. The van der Waals surface area contributed by atoms with Gasteiger partial charge in [-0.1, -0.05) is 30.3 Å². The molecule has 0 saturated heterocycles. The number of benzene rings is 1. The van der Waals surface area contributed by atoms with E-state index in [9.17, 15) is 5.11 Å². The van der Waals surface area contributed by atoms with Gasteiger partial charge in [-0.25, -0.2) is 0 Å². The molecule has 0 spiro atoms. The summed E-state index contributed by atoms with van der Waals surface area (Å²) in [6.07, 6.45) is 0.708. The predicted octanol–water partition coefficient (Wildman–Crippen LogP) is 2.32. The molecule has 1 rings (SSSR count). The molecule has 0 saturated carbocycles. The van der Waals surface area contributed by atoms with Crippen molar-refractivity contribution in [3.05, 3.63) is 35.9 Å². The van der Waals surface area contributed by atoms with Crippen molar-refractivity contribution in [2.45, 2.75) is 38.3 Å². The summed E-state index contributed by atoms with van der Waals surface area (Å²) in [5, 5.41) is 13.0. The van der Waals surface area contributed by atoms with Crippen LogP contribution in [0, 0.1) is 0 Å². The third-order valence-electron chi connectivity index (χ3n) is 3.51. The quantitative estimate of drug-likeness (QED) is 0.687. The van der Waals surface area contributed by atoms with Gasteiger partial charge in [0.1, 0.15) is 0 Å². The van der Waals surface area contributed by atoms with E-state index in [4.69, 9.17) is 9.47 Å². The minimum atomic E-state index is -0.452. The lowest BCUT2D eigenvalue weighted by molar-refractivity contribution is -0.0381. The van der Waals surface area contributed by atoms with Gasteiger partial charge in [0, 0.05) is 6.61 Å². The Morgan fingerprint density at radius 3 is 2.24 bits per heavy atom. The zero-order valence-corrected chi connectivity index (χ0v) is 13.7. The van der Waals surface area contributed by atoms with Crippen LogP contribution < -0.4 is 5.32 Å². The summed E-state index contributed by atoms with van der Waals surface area (Å²) in [6.45, 7) is 7.84. The van der Waals surface area contributed by atoms with Gasteiger partial charge >= 0.3 is 0 Å². The summed E-state index contributed by atoms with van der Waals surface area (Å²) < 4.78 is 11.2. The number of aliphatic hydroxyl groups is 1. The number of hydrogen-bond acceptors (Lipinski definition) is 4. The van der Waals surface area contributed by atoms with Crippen molar-refractivity contribution < 1.29 is 14.6 Å². The highest BCUT2D eigenvalue weighted by Crippen LogP contribution is 2.24. The second-order valence-corrected chi connectivity index (χ2v) is 6.18. The minimum Gasteiger partial charge on any atom is -0.394 e. The van der Waals surface area contributed by atoms with Gasteiger partial charge in [-0.3, -0.25) is 0 Å². The van der Waals surface area contributed by atoms with Gasteiger partial charge in [-0.15, -0.1) is 0 Å². The lowest BCUT2D eigenvalue weighted by atomic mass is 9.88. The third kappa shape index (κ3) is 6.14. The molecular weight excluding hydrogens is 266 g/mol. The van der Waals surface area contributed by atoms with Crippen LogP contribution in [0.15, 0.2) is 30.3 Å². The van der Waals surface area contributed by atoms with E-state index in [-0.39, 0.29) is 12.2 Å². The molecule has 120 valence electrons. The van der Waals surface area contributed by atoms with Crippen molar-refractivity contribution >= 4 is 0 Å². The molecule has 0 heterocycles. The summed E-state index contributed by atoms with van der Waals surface area (Å²) in [4.78, 5) is 0. The van der Waals surface area contributed by atoms with Crippen LogP contribution in [-0.4, -0.2) is 44.2 Å². The highest BCUT2D eigenvalue weighted by molar-refractivity contribution is 5.24. The minimum absolute atomic E-state index is 0.0371. The fourth-order valence-electron chi connectivity index (χ4n) is 2.18. The van der Waals surface area contributed by atoms with E-state index < -0.39 is 5.54 Å². The lowest BCUT2D eigenvalue weighted by Crippen LogP contribution is -2.44. The SMILES string of the molecule is CNC(CO)(CCOCCOC(C)(C)C)c1ccccc1. The van der Waals surface area contributed by atoms with Crippen LogP contribution in [0.2, 0.25) is 0 Å². The molecule has 4 nitrogen and oxygen atoms in total. The first kappa shape index (κ1) is 18.1. The van der Waals surface area contributed by atoms with Crippen LogP contribution in [0.5, 0.6) is 0 Å². The standard InChI is InChI=1S/C17H29NO3/c1-16(2,3)21-13-12-20-11-10-17(14-19,18-4)15-8-6-5-7-9-15/h5-9,18-19H,10-14H2,1-4H3. The van der Waals surface area contributed by atoms with Gasteiger partial charge in [0.15, 0.2) is 0 Å². The third-order valence-corrected chi connectivity index (χ3v) is 3.51. The van der Waals surface area contributed by atoms with Crippen molar-refractivity contribution in [1.82, 2.24) is 5.32 Å². The molecule has 4 heteroatoms. The van der Waals surface area contributed by atoms with E-state index in [0.717, 1.165) is 5.56 Å². The average molecular weight is 295 g/mol. The Morgan fingerprint density at radius 2 is 1.71 bits per heavy atom. The number of rotatable bonds is 9. The first-order valence-corrected chi connectivity index (χ1v) is 7.50. The summed E-state index contributed by atoms with van der Waals surface area (Å²) in [7, 11) is 1.87. The smallest absolute Gasteiger partial charge is 0.0707 e. The highest BCUT2D eigenvalue weighted by Gasteiger charge is 2.29. The van der Waals surface area contributed by atoms with Crippen molar-refractivity contribution in [2.75, 3.05) is 33.5 Å². The molecular formula is C17H29NO3. The summed E-state index contributed by atoms with van der Waals surface area (Å²) in [5.41, 5.74) is 0.490. The van der Waals surface area contributed by atoms with Gasteiger partial charge in [-0.2, -0.15) is 0 Å². The summed E-state index contributed by atoms with van der Waals surface area (Å²) in [6, 6.07) is 9.98. The van der Waals surface area contributed by atoms with Gasteiger partial charge in [0.25, 0.3) is 0 Å². The Kier molecular flexibility index (Phi) is 7.32. The molecule has 0 aliphatic carbocycles. The molecule has 1 atom stereocenters. The van der Waals surface area contributed by atoms with E-state index in [2.05, 4.69) is 5.32 Å².